The minimum Gasteiger partial charge on any atom is -0.382 e. The van der Waals surface area contributed by atoms with Crippen LogP contribution >= 0.6 is 11.6 Å². The van der Waals surface area contributed by atoms with E-state index < -0.39 is 5.82 Å². The third kappa shape index (κ3) is 2.68. The van der Waals surface area contributed by atoms with E-state index in [4.69, 9.17) is 17.3 Å². The molecule has 2 aromatic carbocycles. The summed E-state index contributed by atoms with van der Waals surface area (Å²) in [6.07, 6.45) is 0. The molecule has 0 aliphatic rings. The number of anilines is 1. The van der Waals surface area contributed by atoms with E-state index >= 15 is 0 Å². The predicted octanol–water partition coefficient (Wildman–Crippen LogP) is 3.58. The molecule has 0 atom stereocenters. The lowest BCUT2D eigenvalue weighted by atomic mass is 10.1. The first-order valence-electron chi connectivity index (χ1n) is 6.16. The van der Waals surface area contributed by atoms with Crippen molar-refractivity contribution in [2.75, 3.05) is 5.73 Å². The van der Waals surface area contributed by atoms with Crippen molar-refractivity contribution in [3.8, 4) is 22.6 Å². The topological polar surface area (TPSA) is 64.7 Å². The Labute approximate surface area is 125 Å². The van der Waals surface area contributed by atoms with Crippen molar-refractivity contribution in [2.24, 2.45) is 0 Å². The summed E-state index contributed by atoms with van der Waals surface area (Å²) in [4.78, 5) is 4.13. The highest BCUT2D eigenvalue weighted by Crippen LogP contribution is 2.25. The smallest absolute Gasteiger partial charge is 0.186 e. The van der Waals surface area contributed by atoms with Crippen molar-refractivity contribution in [1.82, 2.24) is 15.2 Å². The maximum atomic E-state index is 13.7. The van der Waals surface area contributed by atoms with Crippen LogP contribution in [0.1, 0.15) is 0 Å². The summed E-state index contributed by atoms with van der Waals surface area (Å²) in [7, 11) is 0. The lowest BCUT2D eigenvalue weighted by Crippen LogP contribution is -2.03. The van der Waals surface area contributed by atoms with Crippen LogP contribution in [0.3, 0.4) is 0 Å². The van der Waals surface area contributed by atoms with Gasteiger partial charge in [0, 0.05) is 10.6 Å². The van der Waals surface area contributed by atoms with Crippen LogP contribution in [-0.2, 0) is 0 Å². The molecular weight excluding hydrogens is 291 g/mol. The first-order valence-corrected chi connectivity index (χ1v) is 6.54. The Kier molecular flexibility index (Phi) is 3.50. The minimum atomic E-state index is -0.419. The highest BCUT2D eigenvalue weighted by molar-refractivity contribution is 6.30. The van der Waals surface area contributed by atoms with Gasteiger partial charge in [0.2, 0.25) is 0 Å². The van der Waals surface area contributed by atoms with Gasteiger partial charge in [-0.1, -0.05) is 35.9 Å². The molecule has 6 heteroatoms. The van der Waals surface area contributed by atoms with Gasteiger partial charge >= 0.3 is 0 Å². The van der Waals surface area contributed by atoms with Gasteiger partial charge in [-0.2, -0.15) is 0 Å². The van der Waals surface area contributed by atoms with Crippen LogP contribution in [0.2, 0.25) is 5.02 Å². The van der Waals surface area contributed by atoms with Gasteiger partial charge < -0.3 is 5.73 Å². The highest BCUT2D eigenvalue weighted by Gasteiger charge is 2.12. The Morgan fingerprint density at radius 3 is 2.33 bits per heavy atom. The van der Waals surface area contributed by atoms with Crippen LogP contribution in [0.15, 0.2) is 48.5 Å². The molecule has 0 spiro atoms. The number of halogens is 2. The normalized spacial score (nSPS) is 10.6. The Morgan fingerprint density at radius 1 is 0.952 bits per heavy atom. The molecule has 104 valence electrons. The first kappa shape index (κ1) is 13.5. The second-order valence-corrected chi connectivity index (χ2v) is 4.79. The summed E-state index contributed by atoms with van der Waals surface area (Å²) in [5.41, 5.74) is 7.36. The standard InChI is InChI=1S/C15H10ClFN4/c16-10-7-5-9(6-8-10)13-14(18)19-15(21-20-13)11-3-1-2-4-12(11)17/h1-8H,(H2,18,19,21). The maximum absolute atomic E-state index is 13.7. The zero-order valence-electron chi connectivity index (χ0n) is 10.8. The molecule has 4 nitrogen and oxygen atoms in total. The second-order valence-electron chi connectivity index (χ2n) is 4.36. The molecule has 0 aliphatic heterocycles. The molecule has 0 amide bonds. The van der Waals surface area contributed by atoms with Crippen molar-refractivity contribution in [1.29, 1.82) is 0 Å². The van der Waals surface area contributed by atoms with Gasteiger partial charge in [0.1, 0.15) is 11.5 Å². The third-order valence-electron chi connectivity index (χ3n) is 2.95. The number of rotatable bonds is 2. The van der Waals surface area contributed by atoms with E-state index in [1.807, 2.05) is 0 Å². The molecule has 0 bridgehead atoms. The van der Waals surface area contributed by atoms with E-state index in [0.29, 0.717) is 10.7 Å². The van der Waals surface area contributed by atoms with Crippen LogP contribution in [-0.4, -0.2) is 15.2 Å². The van der Waals surface area contributed by atoms with Crippen LogP contribution in [0.5, 0.6) is 0 Å². The van der Waals surface area contributed by atoms with E-state index in [1.54, 1.807) is 42.5 Å². The highest BCUT2D eigenvalue weighted by atomic mass is 35.5. The van der Waals surface area contributed by atoms with Gasteiger partial charge in [0.25, 0.3) is 0 Å². The lowest BCUT2D eigenvalue weighted by Gasteiger charge is -2.06. The Hall–Kier alpha value is -2.53. The molecule has 1 aromatic heterocycles. The van der Waals surface area contributed by atoms with Crippen LogP contribution < -0.4 is 5.73 Å². The molecule has 21 heavy (non-hydrogen) atoms. The number of benzene rings is 2. The SMILES string of the molecule is Nc1nc(-c2ccccc2F)nnc1-c1ccc(Cl)cc1. The summed E-state index contributed by atoms with van der Waals surface area (Å²) in [6.45, 7) is 0. The predicted molar refractivity (Wildman–Crippen MR) is 80.1 cm³/mol. The zero-order valence-corrected chi connectivity index (χ0v) is 11.5. The molecule has 2 N–H and O–H groups in total. The molecule has 0 aliphatic carbocycles. The van der Waals surface area contributed by atoms with E-state index in [9.17, 15) is 4.39 Å². The van der Waals surface area contributed by atoms with E-state index in [-0.39, 0.29) is 17.2 Å². The number of aromatic nitrogens is 3. The molecule has 0 saturated carbocycles. The van der Waals surface area contributed by atoms with Crippen molar-refractivity contribution >= 4 is 17.4 Å². The number of nitrogens with two attached hydrogens (primary N) is 1. The van der Waals surface area contributed by atoms with Gasteiger partial charge in [-0.15, -0.1) is 10.2 Å². The van der Waals surface area contributed by atoms with Crippen molar-refractivity contribution in [2.45, 2.75) is 0 Å². The van der Waals surface area contributed by atoms with Gasteiger partial charge in [0.05, 0.1) is 5.56 Å². The molecule has 3 rings (SSSR count). The van der Waals surface area contributed by atoms with Gasteiger partial charge in [-0.25, -0.2) is 9.37 Å². The van der Waals surface area contributed by atoms with Crippen molar-refractivity contribution in [3.63, 3.8) is 0 Å². The summed E-state index contributed by atoms with van der Waals surface area (Å²) < 4.78 is 13.7. The second kappa shape index (κ2) is 5.46. The summed E-state index contributed by atoms with van der Waals surface area (Å²) >= 11 is 5.84. The summed E-state index contributed by atoms with van der Waals surface area (Å²) in [5.74, 6) is -0.0770. The fraction of sp³-hybridized carbons (Fsp3) is 0. The molecule has 3 aromatic rings. The average Bonchev–Trinajstić information content (AvgIpc) is 2.49. The molecule has 0 saturated heterocycles. The Bertz CT molecular complexity index is 790. The molecule has 0 unspecified atom stereocenters. The van der Waals surface area contributed by atoms with E-state index in [2.05, 4.69) is 15.2 Å². The third-order valence-corrected chi connectivity index (χ3v) is 3.20. The number of hydrogen-bond acceptors (Lipinski definition) is 4. The van der Waals surface area contributed by atoms with Gasteiger partial charge in [0.15, 0.2) is 11.6 Å². The molecule has 0 fully saturated rings. The fourth-order valence-electron chi connectivity index (χ4n) is 1.91. The van der Waals surface area contributed by atoms with E-state index in [1.165, 1.54) is 6.07 Å². The van der Waals surface area contributed by atoms with Crippen molar-refractivity contribution < 1.29 is 4.39 Å². The number of nitrogens with zero attached hydrogens (tertiary/aromatic N) is 3. The minimum absolute atomic E-state index is 0.156. The average molecular weight is 301 g/mol. The number of hydrogen-bond donors (Lipinski definition) is 1. The molecular formula is C15H10ClFN4. The lowest BCUT2D eigenvalue weighted by molar-refractivity contribution is 0.629. The number of nitrogen functional groups attached to an aromatic ring is 1. The Balaban J connectivity index is 2.04. The van der Waals surface area contributed by atoms with Gasteiger partial charge in [-0.05, 0) is 24.3 Å². The zero-order chi connectivity index (χ0) is 14.8. The molecule has 0 radical (unpaired) electrons. The van der Waals surface area contributed by atoms with E-state index in [0.717, 1.165) is 5.56 Å². The largest absolute Gasteiger partial charge is 0.382 e. The fourth-order valence-corrected chi connectivity index (χ4v) is 2.03. The first-order chi connectivity index (χ1) is 10.1. The maximum Gasteiger partial charge on any atom is 0.186 e. The van der Waals surface area contributed by atoms with Crippen LogP contribution in [0.4, 0.5) is 10.2 Å². The molecule has 1 heterocycles. The van der Waals surface area contributed by atoms with Crippen LogP contribution in [0, 0.1) is 5.82 Å². The van der Waals surface area contributed by atoms with Crippen molar-refractivity contribution in [3.05, 3.63) is 59.4 Å². The van der Waals surface area contributed by atoms with Crippen LogP contribution in [0.25, 0.3) is 22.6 Å². The Morgan fingerprint density at radius 2 is 1.67 bits per heavy atom. The summed E-state index contributed by atoms with van der Waals surface area (Å²) in [5, 5.41) is 8.62. The summed E-state index contributed by atoms with van der Waals surface area (Å²) in [6, 6.07) is 13.2. The monoisotopic (exact) mass is 300 g/mol. The quantitative estimate of drug-likeness (QED) is 0.785. The van der Waals surface area contributed by atoms with Gasteiger partial charge in [-0.3, -0.25) is 0 Å².